The van der Waals surface area contributed by atoms with E-state index in [2.05, 4.69) is 15.6 Å². The van der Waals surface area contributed by atoms with Gasteiger partial charge in [0.25, 0.3) is 5.91 Å². The van der Waals surface area contributed by atoms with E-state index in [1.54, 1.807) is 6.07 Å². The van der Waals surface area contributed by atoms with Gasteiger partial charge in [0.1, 0.15) is 6.04 Å². The largest absolute Gasteiger partial charge is 0.339 e. The van der Waals surface area contributed by atoms with Gasteiger partial charge in [-0.1, -0.05) is 36.4 Å². The summed E-state index contributed by atoms with van der Waals surface area (Å²) in [7, 11) is 0. The normalized spacial score (nSPS) is 11.7. The minimum atomic E-state index is -0.679. The number of carbonyl (C=O) groups is 2. The van der Waals surface area contributed by atoms with E-state index in [1.807, 2.05) is 54.1 Å². The molecule has 5 nitrogen and oxygen atoms in total. The molecule has 25 heavy (non-hydrogen) atoms. The van der Waals surface area contributed by atoms with Crippen molar-refractivity contribution in [3.63, 3.8) is 0 Å². The van der Waals surface area contributed by atoms with Crippen molar-refractivity contribution < 1.29 is 9.59 Å². The molecule has 0 bridgehead atoms. The molecule has 3 rings (SSSR count). The predicted molar refractivity (Wildman–Crippen MR) is 101 cm³/mol. The Balaban J connectivity index is 1.75. The van der Waals surface area contributed by atoms with Gasteiger partial charge in [-0.3, -0.25) is 9.59 Å². The van der Waals surface area contributed by atoms with Crippen LogP contribution in [-0.2, 0) is 11.2 Å². The highest BCUT2D eigenvalue weighted by Gasteiger charge is 2.23. The molecule has 1 aromatic carbocycles. The molecule has 3 aromatic rings. The van der Waals surface area contributed by atoms with E-state index in [-0.39, 0.29) is 11.8 Å². The first-order chi connectivity index (χ1) is 12.1. The van der Waals surface area contributed by atoms with Crippen molar-refractivity contribution in [2.45, 2.75) is 19.4 Å². The summed E-state index contributed by atoms with van der Waals surface area (Å²) in [5.41, 5.74) is 1.83. The minimum absolute atomic E-state index is 0.249. The second kappa shape index (κ2) is 8.04. The van der Waals surface area contributed by atoms with Crippen LogP contribution in [0, 0.1) is 6.92 Å². The highest BCUT2D eigenvalue weighted by Crippen LogP contribution is 2.16. The number of benzene rings is 1. The molecule has 1 atom stereocenters. The van der Waals surface area contributed by atoms with E-state index in [9.17, 15) is 9.59 Å². The number of aromatic nitrogens is 1. The first-order valence-electron chi connectivity index (χ1n) is 7.73. The van der Waals surface area contributed by atoms with Gasteiger partial charge >= 0.3 is 0 Å². The van der Waals surface area contributed by atoms with Gasteiger partial charge in [0.05, 0.1) is 10.6 Å². The summed E-state index contributed by atoms with van der Waals surface area (Å²) in [5.74, 6) is -0.524. The van der Waals surface area contributed by atoms with Crippen LogP contribution in [0.15, 0.2) is 53.2 Å². The summed E-state index contributed by atoms with van der Waals surface area (Å²) in [6, 6.07) is 12.5. The standard InChI is InChI=1S/C18H17N3O2S2/c1-12-11-25-18(19-12)21-16(22)14(10-13-6-3-2-4-7-13)20-17(23)15-8-5-9-24-15/h2-9,11,14H,10H2,1H3,(H,20,23)(H,19,21,22)/t14-/m1/s1. The van der Waals surface area contributed by atoms with Crippen molar-refractivity contribution in [2.75, 3.05) is 5.32 Å². The lowest BCUT2D eigenvalue weighted by atomic mass is 10.1. The maximum atomic E-state index is 12.7. The molecule has 0 aliphatic heterocycles. The van der Waals surface area contributed by atoms with Crippen LogP contribution in [0.4, 0.5) is 5.13 Å². The topological polar surface area (TPSA) is 71.1 Å². The molecule has 2 N–H and O–H groups in total. The van der Waals surface area contributed by atoms with Crippen molar-refractivity contribution in [1.29, 1.82) is 0 Å². The third kappa shape index (κ3) is 4.74. The molecule has 2 amide bonds. The van der Waals surface area contributed by atoms with Crippen molar-refractivity contribution in [1.82, 2.24) is 10.3 Å². The smallest absolute Gasteiger partial charge is 0.262 e. The summed E-state index contributed by atoms with van der Waals surface area (Å²) < 4.78 is 0. The molecule has 128 valence electrons. The number of aryl methyl sites for hydroxylation is 1. The third-order valence-corrected chi connectivity index (χ3v) is 5.24. The Morgan fingerprint density at radius 3 is 2.56 bits per heavy atom. The second-order valence-corrected chi connectivity index (χ2v) is 7.28. The maximum Gasteiger partial charge on any atom is 0.262 e. The quantitative estimate of drug-likeness (QED) is 0.697. The monoisotopic (exact) mass is 371 g/mol. The van der Waals surface area contributed by atoms with E-state index in [4.69, 9.17) is 0 Å². The fourth-order valence-electron chi connectivity index (χ4n) is 2.30. The Hall–Kier alpha value is -2.51. The molecule has 0 aliphatic carbocycles. The molecular weight excluding hydrogens is 354 g/mol. The maximum absolute atomic E-state index is 12.7. The van der Waals surface area contributed by atoms with Gasteiger partial charge in [-0.25, -0.2) is 4.98 Å². The van der Waals surface area contributed by atoms with Crippen LogP contribution < -0.4 is 10.6 Å². The minimum Gasteiger partial charge on any atom is -0.339 e. The van der Waals surface area contributed by atoms with Crippen molar-refractivity contribution in [3.8, 4) is 0 Å². The zero-order chi connectivity index (χ0) is 17.6. The molecule has 0 fully saturated rings. The summed E-state index contributed by atoms with van der Waals surface area (Å²) >= 11 is 2.71. The summed E-state index contributed by atoms with van der Waals surface area (Å²) in [4.78, 5) is 29.9. The average molecular weight is 371 g/mol. The van der Waals surface area contributed by atoms with Crippen LogP contribution in [0.3, 0.4) is 0 Å². The summed E-state index contributed by atoms with van der Waals surface area (Å²) in [6.45, 7) is 1.87. The number of nitrogens with zero attached hydrogens (tertiary/aromatic N) is 1. The number of thiophene rings is 1. The van der Waals surface area contributed by atoms with Crippen LogP contribution in [0.5, 0.6) is 0 Å². The summed E-state index contributed by atoms with van der Waals surface area (Å²) in [5, 5.41) is 9.86. The molecule has 2 heterocycles. The van der Waals surface area contributed by atoms with E-state index >= 15 is 0 Å². The number of amides is 2. The van der Waals surface area contributed by atoms with Crippen molar-refractivity contribution in [3.05, 3.63) is 69.4 Å². The van der Waals surface area contributed by atoms with E-state index in [0.29, 0.717) is 16.4 Å². The summed E-state index contributed by atoms with van der Waals surface area (Å²) in [6.07, 6.45) is 0.411. The zero-order valence-electron chi connectivity index (χ0n) is 13.6. The molecule has 0 unspecified atom stereocenters. The molecule has 0 aliphatic rings. The molecule has 0 saturated carbocycles. The predicted octanol–water partition coefficient (Wildman–Crippen LogP) is 3.49. The van der Waals surface area contributed by atoms with E-state index < -0.39 is 6.04 Å². The van der Waals surface area contributed by atoms with Crippen molar-refractivity contribution in [2.24, 2.45) is 0 Å². The van der Waals surface area contributed by atoms with Crippen LogP contribution in [0.25, 0.3) is 0 Å². The van der Waals surface area contributed by atoms with Gasteiger partial charge in [-0.2, -0.15) is 0 Å². The molecular formula is C18H17N3O2S2. The lowest BCUT2D eigenvalue weighted by molar-refractivity contribution is -0.118. The van der Waals surface area contributed by atoms with Gasteiger partial charge in [0.15, 0.2) is 5.13 Å². The van der Waals surface area contributed by atoms with Crippen LogP contribution in [-0.4, -0.2) is 22.8 Å². The Bertz CT molecular complexity index is 844. The Morgan fingerprint density at radius 2 is 1.92 bits per heavy atom. The first-order valence-corrected chi connectivity index (χ1v) is 9.49. The van der Waals surface area contributed by atoms with Crippen LogP contribution in [0.1, 0.15) is 20.9 Å². The van der Waals surface area contributed by atoms with E-state index in [1.165, 1.54) is 22.7 Å². The van der Waals surface area contributed by atoms with Gasteiger partial charge < -0.3 is 10.6 Å². The van der Waals surface area contributed by atoms with Crippen LogP contribution in [0.2, 0.25) is 0 Å². The lowest BCUT2D eigenvalue weighted by Gasteiger charge is -2.17. The second-order valence-electron chi connectivity index (χ2n) is 5.48. The average Bonchev–Trinajstić information content (AvgIpc) is 3.27. The van der Waals surface area contributed by atoms with Gasteiger partial charge in [-0.05, 0) is 23.9 Å². The van der Waals surface area contributed by atoms with Gasteiger partial charge in [0, 0.05) is 11.8 Å². The highest BCUT2D eigenvalue weighted by molar-refractivity contribution is 7.14. The Morgan fingerprint density at radius 1 is 1.12 bits per heavy atom. The number of rotatable bonds is 6. The number of thiazole rings is 1. The van der Waals surface area contributed by atoms with Crippen LogP contribution >= 0.6 is 22.7 Å². The lowest BCUT2D eigenvalue weighted by Crippen LogP contribution is -2.45. The fraction of sp³-hybridized carbons (Fsp3) is 0.167. The Kier molecular flexibility index (Phi) is 5.57. The molecule has 2 aromatic heterocycles. The zero-order valence-corrected chi connectivity index (χ0v) is 15.2. The van der Waals surface area contributed by atoms with Crippen molar-refractivity contribution >= 4 is 39.6 Å². The highest BCUT2D eigenvalue weighted by atomic mass is 32.1. The molecule has 0 spiro atoms. The van der Waals surface area contributed by atoms with E-state index in [0.717, 1.165) is 11.3 Å². The SMILES string of the molecule is Cc1csc(NC(=O)[C@@H](Cc2ccccc2)NC(=O)c2cccs2)n1. The molecule has 0 saturated heterocycles. The molecule has 0 radical (unpaired) electrons. The number of hydrogen-bond acceptors (Lipinski definition) is 5. The Labute approximate surface area is 153 Å². The van der Waals surface area contributed by atoms with Gasteiger partial charge in [0.2, 0.25) is 5.91 Å². The first kappa shape index (κ1) is 17.3. The number of nitrogens with one attached hydrogen (secondary N) is 2. The fourth-order valence-corrected chi connectivity index (χ4v) is 3.62. The van der Waals surface area contributed by atoms with Gasteiger partial charge in [-0.15, -0.1) is 22.7 Å². The third-order valence-electron chi connectivity index (χ3n) is 3.50. The number of carbonyl (C=O) groups excluding carboxylic acids is 2. The number of anilines is 1. The number of hydrogen-bond donors (Lipinski definition) is 2. The molecule has 7 heteroatoms.